The fourth-order valence-electron chi connectivity index (χ4n) is 3.35. The SMILES string of the molecule is CCN(Cc1cccc2c1OCCO2)C(=O)c1ccc(OCc2nccn2C)cc1. The minimum absolute atomic E-state index is 0.0394. The molecule has 1 aliphatic rings. The lowest BCUT2D eigenvalue weighted by molar-refractivity contribution is 0.0749. The number of aryl methyl sites for hydroxylation is 1. The number of hydrogen-bond acceptors (Lipinski definition) is 5. The number of para-hydroxylation sites is 1. The highest BCUT2D eigenvalue weighted by molar-refractivity contribution is 5.94. The molecule has 0 bridgehead atoms. The molecule has 0 aliphatic carbocycles. The summed E-state index contributed by atoms with van der Waals surface area (Å²) in [6.07, 6.45) is 3.61. The van der Waals surface area contributed by atoms with Crippen LogP contribution in [0.4, 0.5) is 0 Å². The van der Waals surface area contributed by atoms with E-state index in [1.54, 1.807) is 23.2 Å². The largest absolute Gasteiger partial charge is 0.486 e. The van der Waals surface area contributed by atoms with Crippen molar-refractivity contribution in [1.29, 1.82) is 0 Å². The Labute approximate surface area is 175 Å². The average Bonchev–Trinajstić information content (AvgIpc) is 3.20. The Bertz CT molecular complexity index is 1010. The summed E-state index contributed by atoms with van der Waals surface area (Å²) >= 11 is 0. The predicted octanol–water partition coefficient (Wildman–Crippen LogP) is 3.43. The number of rotatable bonds is 7. The fraction of sp³-hybridized carbons (Fsp3) is 0.304. The van der Waals surface area contributed by atoms with Crippen molar-refractivity contribution in [3.63, 3.8) is 0 Å². The highest BCUT2D eigenvalue weighted by Gasteiger charge is 2.20. The number of hydrogen-bond donors (Lipinski definition) is 0. The van der Waals surface area contributed by atoms with Gasteiger partial charge < -0.3 is 23.7 Å². The first kappa shape index (κ1) is 19.8. The van der Waals surface area contributed by atoms with Gasteiger partial charge in [0.05, 0.1) is 0 Å². The molecule has 0 fully saturated rings. The summed E-state index contributed by atoms with van der Waals surface area (Å²) in [5.74, 6) is 2.96. The Kier molecular flexibility index (Phi) is 5.88. The third kappa shape index (κ3) is 4.25. The molecular formula is C23H25N3O4. The van der Waals surface area contributed by atoms with Crippen LogP contribution in [0.5, 0.6) is 17.2 Å². The lowest BCUT2D eigenvalue weighted by Gasteiger charge is -2.25. The molecule has 156 valence electrons. The monoisotopic (exact) mass is 407 g/mol. The smallest absolute Gasteiger partial charge is 0.254 e. The van der Waals surface area contributed by atoms with E-state index < -0.39 is 0 Å². The number of imidazole rings is 1. The molecule has 0 radical (unpaired) electrons. The van der Waals surface area contributed by atoms with Gasteiger partial charge in [0, 0.05) is 43.7 Å². The third-order valence-corrected chi connectivity index (χ3v) is 5.07. The predicted molar refractivity (Wildman–Crippen MR) is 112 cm³/mol. The van der Waals surface area contributed by atoms with E-state index >= 15 is 0 Å². The minimum Gasteiger partial charge on any atom is -0.486 e. The maximum absolute atomic E-state index is 13.0. The molecule has 2 heterocycles. The van der Waals surface area contributed by atoms with Crippen molar-refractivity contribution in [2.45, 2.75) is 20.1 Å². The van der Waals surface area contributed by atoms with Crippen molar-refractivity contribution in [3.05, 3.63) is 71.8 Å². The molecule has 30 heavy (non-hydrogen) atoms. The maximum atomic E-state index is 13.0. The van der Waals surface area contributed by atoms with Crippen LogP contribution in [0.15, 0.2) is 54.9 Å². The van der Waals surface area contributed by atoms with Crippen LogP contribution < -0.4 is 14.2 Å². The van der Waals surface area contributed by atoms with Gasteiger partial charge in [0.1, 0.15) is 31.4 Å². The van der Waals surface area contributed by atoms with Gasteiger partial charge in [-0.2, -0.15) is 0 Å². The molecular weight excluding hydrogens is 382 g/mol. The summed E-state index contributed by atoms with van der Waals surface area (Å²) in [5, 5.41) is 0. The van der Waals surface area contributed by atoms with Crippen molar-refractivity contribution in [1.82, 2.24) is 14.5 Å². The van der Waals surface area contributed by atoms with Crippen molar-refractivity contribution in [2.24, 2.45) is 7.05 Å². The molecule has 1 aliphatic heterocycles. The van der Waals surface area contributed by atoms with Crippen molar-refractivity contribution in [3.8, 4) is 17.2 Å². The third-order valence-electron chi connectivity index (χ3n) is 5.07. The van der Waals surface area contributed by atoms with Gasteiger partial charge in [0.2, 0.25) is 0 Å². The minimum atomic E-state index is -0.0394. The van der Waals surface area contributed by atoms with Crippen LogP contribution in [0.1, 0.15) is 28.7 Å². The van der Waals surface area contributed by atoms with Crippen LogP contribution in [0.3, 0.4) is 0 Å². The number of carbonyl (C=O) groups excluding carboxylic acids is 1. The number of benzene rings is 2. The van der Waals surface area contributed by atoms with Crippen LogP contribution in [-0.4, -0.2) is 40.1 Å². The summed E-state index contributed by atoms with van der Waals surface area (Å²) in [6, 6.07) is 13.0. The summed E-state index contributed by atoms with van der Waals surface area (Å²) in [4.78, 5) is 19.1. The first-order valence-electron chi connectivity index (χ1n) is 10.0. The van der Waals surface area contributed by atoms with Crippen LogP contribution in [0.25, 0.3) is 0 Å². The normalized spacial score (nSPS) is 12.5. The number of ether oxygens (including phenoxy) is 3. The molecule has 3 aromatic rings. The molecule has 0 saturated carbocycles. The van der Waals surface area contributed by atoms with E-state index in [9.17, 15) is 4.79 Å². The molecule has 1 aromatic heterocycles. The van der Waals surface area contributed by atoms with Crippen LogP contribution in [0.2, 0.25) is 0 Å². The van der Waals surface area contributed by atoms with E-state index in [1.807, 2.05) is 55.1 Å². The zero-order valence-electron chi connectivity index (χ0n) is 17.2. The molecule has 0 N–H and O–H groups in total. The zero-order chi connectivity index (χ0) is 20.9. The molecule has 1 amide bonds. The van der Waals surface area contributed by atoms with Gasteiger partial charge in [-0.25, -0.2) is 4.98 Å². The number of aromatic nitrogens is 2. The Hall–Kier alpha value is -3.48. The molecule has 7 heteroatoms. The van der Waals surface area contributed by atoms with Gasteiger partial charge in [-0.1, -0.05) is 12.1 Å². The van der Waals surface area contributed by atoms with E-state index in [2.05, 4.69) is 4.98 Å². The lowest BCUT2D eigenvalue weighted by Crippen LogP contribution is -2.30. The van der Waals surface area contributed by atoms with E-state index in [-0.39, 0.29) is 5.91 Å². The molecule has 0 spiro atoms. The second-order valence-corrected chi connectivity index (χ2v) is 7.03. The summed E-state index contributed by atoms with van der Waals surface area (Å²) in [5.41, 5.74) is 1.56. The summed E-state index contributed by atoms with van der Waals surface area (Å²) in [6.45, 7) is 4.44. The summed E-state index contributed by atoms with van der Waals surface area (Å²) < 4.78 is 19.1. The van der Waals surface area contributed by atoms with Crippen molar-refractivity contribution < 1.29 is 19.0 Å². The quantitative estimate of drug-likeness (QED) is 0.600. The molecule has 7 nitrogen and oxygen atoms in total. The second-order valence-electron chi connectivity index (χ2n) is 7.03. The van der Waals surface area contributed by atoms with Gasteiger partial charge in [0.15, 0.2) is 11.5 Å². The first-order valence-corrected chi connectivity index (χ1v) is 10.0. The fourth-order valence-corrected chi connectivity index (χ4v) is 3.35. The average molecular weight is 407 g/mol. The van der Waals surface area contributed by atoms with E-state index in [1.165, 1.54) is 0 Å². The van der Waals surface area contributed by atoms with Crippen molar-refractivity contribution in [2.75, 3.05) is 19.8 Å². The number of nitrogens with zero attached hydrogens (tertiary/aromatic N) is 3. The van der Waals surface area contributed by atoms with Crippen molar-refractivity contribution >= 4 is 5.91 Å². The Morgan fingerprint density at radius 2 is 1.97 bits per heavy atom. The molecule has 4 rings (SSSR count). The summed E-state index contributed by atoms with van der Waals surface area (Å²) in [7, 11) is 1.92. The van der Waals surface area contributed by atoms with Gasteiger partial charge in [-0.3, -0.25) is 4.79 Å². The molecule has 0 saturated heterocycles. The van der Waals surface area contributed by atoms with E-state index in [4.69, 9.17) is 14.2 Å². The zero-order valence-corrected chi connectivity index (χ0v) is 17.2. The Balaban J connectivity index is 1.43. The van der Waals surface area contributed by atoms with Gasteiger partial charge in [0.25, 0.3) is 5.91 Å². The van der Waals surface area contributed by atoms with Crippen LogP contribution >= 0.6 is 0 Å². The standard InChI is InChI=1S/C23H25N3O4/c1-3-26(15-18-5-4-6-20-22(18)29-14-13-28-20)23(27)17-7-9-19(10-8-17)30-16-21-24-11-12-25(21)2/h4-12H,3,13-16H2,1-2H3. The van der Waals surface area contributed by atoms with E-state index in [0.717, 1.165) is 22.9 Å². The lowest BCUT2D eigenvalue weighted by atomic mass is 10.1. The van der Waals surface area contributed by atoms with Gasteiger partial charge >= 0.3 is 0 Å². The number of carbonyl (C=O) groups is 1. The highest BCUT2D eigenvalue weighted by atomic mass is 16.6. The molecule has 0 unspecified atom stereocenters. The highest BCUT2D eigenvalue weighted by Crippen LogP contribution is 2.34. The van der Waals surface area contributed by atoms with Gasteiger partial charge in [-0.05, 0) is 37.3 Å². The first-order chi connectivity index (χ1) is 14.7. The van der Waals surface area contributed by atoms with E-state index in [0.29, 0.717) is 44.2 Å². The molecule has 2 aromatic carbocycles. The number of fused-ring (bicyclic) bond motifs is 1. The second kappa shape index (κ2) is 8.90. The topological polar surface area (TPSA) is 65.8 Å². The van der Waals surface area contributed by atoms with Crippen LogP contribution in [-0.2, 0) is 20.2 Å². The number of amides is 1. The van der Waals surface area contributed by atoms with Gasteiger partial charge in [-0.15, -0.1) is 0 Å². The van der Waals surface area contributed by atoms with Crippen LogP contribution in [0, 0.1) is 0 Å². The maximum Gasteiger partial charge on any atom is 0.254 e. The Morgan fingerprint density at radius 1 is 1.17 bits per heavy atom. The Morgan fingerprint density at radius 3 is 2.70 bits per heavy atom. The molecule has 0 atom stereocenters.